The number of piperidine rings is 1. The van der Waals surface area contributed by atoms with E-state index in [4.69, 9.17) is 0 Å². The molecule has 1 fully saturated rings. The third-order valence-electron chi connectivity index (χ3n) is 4.35. The van der Waals surface area contributed by atoms with E-state index in [1.807, 2.05) is 20.2 Å². The van der Waals surface area contributed by atoms with E-state index in [9.17, 15) is 4.79 Å². The summed E-state index contributed by atoms with van der Waals surface area (Å²) >= 11 is 0. The zero-order valence-electron chi connectivity index (χ0n) is 14.2. The lowest BCUT2D eigenvalue weighted by molar-refractivity contribution is 0.0930. The van der Waals surface area contributed by atoms with Gasteiger partial charge in [0.15, 0.2) is 0 Å². The Balaban J connectivity index is 1.74. The van der Waals surface area contributed by atoms with Gasteiger partial charge in [-0.3, -0.25) is 9.78 Å². The minimum Gasteiger partial charge on any atom is -0.378 e. The molecule has 1 amide bonds. The van der Waals surface area contributed by atoms with Crippen molar-refractivity contribution in [1.82, 2.24) is 15.6 Å². The first kappa shape index (κ1) is 16.5. The van der Waals surface area contributed by atoms with Crippen molar-refractivity contribution >= 4 is 11.6 Å². The zero-order valence-corrected chi connectivity index (χ0v) is 14.2. The Morgan fingerprint density at radius 3 is 2.67 bits per heavy atom. The summed E-state index contributed by atoms with van der Waals surface area (Å²) in [4.78, 5) is 18.8. The quantitative estimate of drug-likeness (QED) is 0.906. The fraction of sp³-hybridized carbons (Fsp3) is 0.368. The van der Waals surface area contributed by atoms with Crippen LogP contribution in [0.3, 0.4) is 0 Å². The SMILES string of the molecule is CN(C)c1ccc(-c2cncc(C(=O)NC3CCCNC3)c2)cc1. The highest BCUT2D eigenvalue weighted by molar-refractivity contribution is 5.95. The summed E-state index contributed by atoms with van der Waals surface area (Å²) in [5, 5.41) is 6.40. The van der Waals surface area contributed by atoms with Crippen molar-refractivity contribution in [3.63, 3.8) is 0 Å². The molecule has 126 valence electrons. The lowest BCUT2D eigenvalue weighted by Gasteiger charge is -2.23. The van der Waals surface area contributed by atoms with Crippen LogP contribution in [0.5, 0.6) is 0 Å². The molecule has 0 aliphatic carbocycles. The highest BCUT2D eigenvalue weighted by atomic mass is 16.1. The summed E-state index contributed by atoms with van der Waals surface area (Å²) < 4.78 is 0. The molecule has 0 bridgehead atoms. The Morgan fingerprint density at radius 2 is 2.00 bits per heavy atom. The molecular formula is C19H24N4O. The van der Waals surface area contributed by atoms with E-state index < -0.39 is 0 Å². The molecule has 1 atom stereocenters. The average molecular weight is 324 g/mol. The second-order valence-corrected chi connectivity index (χ2v) is 6.42. The summed E-state index contributed by atoms with van der Waals surface area (Å²) in [7, 11) is 4.03. The number of hydrogen-bond acceptors (Lipinski definition) is 4. The topological polar surface area (TPSA) is 57.3 Å². The van der Waals surface area contributed by atoms with E-state index in [0.29, 0.717) is 5.56 Å². The first-order valence-electron chi connectivity index (χ1n) is 8.38. The lowest BCUT2D eigenvalue weighted by atomic mass is 10.0. The molecule has 1 aliphatic rings. The second kappa shape index (κ2) is 7.45. The molecule has 3 rings (SSSR count). The van der Waals surface area contributed by atoms with Gasteiger partial charge in [-0.2, -0.15) is 0 Å². The molecule has 1 saturated heterocycles. The van der Waals surface area contributed by atoms with Crippen LogP contribution in [0.1, 0.15) is 23.2 Å². The maximum absolute atomic E-state index is 12.5. The lowest BCUT2D eigenvalue weighted by Crippen LogP contribution is -2.45. The largest absolute Gasteiger partial charge is 0.378 e. The molecule has 1 aromatic heterocycles. The Bertz CT molecular complexity index is 691. The molecule has 24 heavy (non-hydrogen) atoms. The first-order valence-corrected chi connectivity index (χ1v) is 8.38. The van der Waals surface area contributed by atoms with Crippen LogP contribution >= 0.6 is 0 Å². The van der Waals surface area contributed by atoms with Gasteiger partial charge in [0, 0.05) is 50.3 Å². The van der Waals surface area contributed by atoms with Crippen LogP contribution in [-0.2, 0) is 0 Å². The number of rotatable bonds is 4. The molecule has 2 heterocycles. The van der Waals surface area contributed by atoms with E-state index in [1.165, 1.54) is 0 Å². The van der Waals surface area contributed by atoms with Crippen LogP contribution in [0.4, 0.5) is 5.69 Å². The molecule has 1 aromatic carbocycles. The number of nitrogens with one attached hydrogen (secondary N) is 2. The molecule has 0 spiro atoms. The minimum absolute atomic E-state index is 0.0528. The van der Waals surface area contributed by atoms with Crippen molar-refractivity contribution < 1.29 is 4.79 Å². The second-order valence-electron chi connectivity index (χ2n) is 6.42. The number of carbonyl (C=O) groups is 1. The number of anilines is 1. The van der Waals surface area contributed by atoms with Crippen LogP contribution in [0.25, 0.3) is 11.1 Å². The Kier molecular flexibility index (Phi) is 5.11. The molecule has 0 radical (unpaired) electrons. The van der Waals surface area contributed by atoms with Crippen molar-refractivity contribution in [1.29, 1.82) is 0 Å². The number of nitrogens with zero attached hydrogens (tertiary/aromatic N) is 2. The standard InChI is InChI=1S/C19H24N4O/c1-23(2)18-7-5-14(6-8-18)15-10-16(12-21-11-15)19(24)22-17-4-3-9-20-13-17/h5-8,10-12,17,20H,3-4,9,13H2,1-2H3,(H,22,24). The van der Waals surface area contributed by atoms with Gasteiger partial charge in [-0.15, -0.1) is 0 Å². The molecule has 2 N–H and O–H groups in total. The Morgan fingerprint density at radius 1 is 1.21 bits per heavy atom. The van der Waals surface area contributed by atoms with Gasteiger partial charge < -0.3 is 15.5 Å². The monoisotopic (exact) mass is 324 g/mol. The van der Waals surface area contributed by atoms with E-state index >= 15 is 0 Å². The smallest absolute Gasteiger partial charge is 0.253 e. The van der Waals surface area contributed by atoms with Gasteiger partial charge in [-0.1, -0.05) is 12.1 Å². The van der Waals surface area contributed by atoms with Gasteiger partial charge in [0.05, 0.1) is 5.56 Å². The van der Waals surface area contributed by atoms with Gasteiger partial charge in [0.25, 0.3) is 5.91 Å². The summed E-state index contributed by atoms with van der Waals surface area (Å²) in [6.07, 6.45) is 5.55. The van der Waals surface area contributed by atoms with Gasteiger partial charge in [0.2, 0.25) is 0 Å². The van der Waals surface area contributed by atoms with E-state index in [1.54, 1.807) is 12.4 Å². The summed E-state index contributed by atoms with van der Waals surface area (Å²) in [5.41, 5.74) is 3.76. The highest BCUT2D eigenvalue weighted by Crippen LogP contribution is 2.22. The van der Waals surface area contributed by atoms with Crippen molar-refractivity contribution in [2.75, 3.05) is 32.1 Å². The van der Waals surface area contributed by atoms with Crippen LogP contribution < -0.4 is 15.5 Å². The summed E-state index contributed by atoms with van der Waals surface area (Å²) in [6, 6.07) is 10.3. The van der Waals surface area contributed by atoms with Gasteiger partial charge in [-0.05, 0) is 43.1 Å². The predicted molar refractivity (Wildman–Crippen MR) is 97.4 cm³/mol. The van der Waals surface area contributed by atoms with Gasteiger partial charge in [-0.25, -0.2) is 0 Å². The number of amides is 1. The molecular weight excluding hydrogens is 300 g/mol. The van der Waals surface area contributed by atoms with Crippen LogP contribution in [0.15, 0.2) is 42.7 Å². The minimum atomic E-state index is -0.0528. The van der Waals surface area contributed by atoms with Crippen molar-refractivity contribution in [3.8, 4) is 11.1 Å². The van der Waals surface area contributed by atoms with E-state index in [0.717, 1.165) is 42.7 Å². The number of carbonyl (C=O) groups excluding carboxylic acids is 1. The van der Waals surface area contributed by atoms with Crippen molar-refractivity contribution in [2.45, 2.75) is 18.9 Å². The molecule has 0 saturated carbocycles. The molecule has 5 heteroatoms. The maximum Gasteiger partial charge on any atom is 0.253 e. The normalized spacial score (nSPS) is 17.3. The van der Waals surface area contributed by atoms with Crippen LogP contribution in [0, 0.1) is 0 Å². The fourth-order valence-electron chi connectivity index (χ4n) is 2.92. The molecule has 5 nitrogen and oxygen atoms in total. The number of benzene rings is 1. The number of aromatic nitrogens is 1. The van der Waals surface area contributed by atoms with E-state index in [2.05, 4.69) is 44.8 Å². The third-order valence-corrected chi connectivity index (χ3v) is 4.35. The summed E-state index contributed by atoms with van der Waals surface area (Å²) in [5.74, 6) is -0.0528. The molecule has 1 aliphatic heterocycles. The predicted octanol–water partition coefficient (Wildman–Crippen LogP) is 2.30. The van der Waals surface area contributed by atoms with Gasteiger partial charge >= 0.3 is 0 Å². The average Bonchev–Trinajstić information content (AvgIpc) is 2.63. The van der Waals surface area contributed by atoms with Gasteiger partial charge in [0.1, 0.15) is 0 Å². The maximum atomic E-state index is 12.5. The molecule has 1 unspecified atom stereocenters. The highest BCUT2D eigenvalue weighted by Gasteiger charge is 2.16. The zero-order chi connectivity index (χ0) is 16.9. The third kappa shape index (κ3) is 3.92. The Hall–Kier alpha value is -2.40. The number of hydrogen-bond donors (Lipinski definition) is 2. The fourth-order valence-corrected chi connectivity index (χ4v) is 2.92. The summed E-state index contributed by atoms with van der Waals surface area (Å²) in [6.45, 7) is 1.87. The van der Waals surface area contributed by atoms with Crippen LogP contribution in [-0.4, -0.2) is 44.1 Å². The first-order chi connectivity index (χ1) is 11.6. The van der Waals surface area contributed by atoms with E-state index in [-0.39, 0.29) is 11.9 Å². The van der Waals surface area contributed by atoms with Crippen LogP contribution in [0.2, 0.25) is 0 Å². The Labute approximate surface area is 143 Å². The van der Waals surface area contributed by atoms with Crippen molar-refractivity contribution in [3.05, 3.63) is 48.3 Å². The van der Waals surface area contributed by atoms with Crippen molar-refractivity contribution in [2.24, 2.45) is 0 Å². The molecule has 2 aromatic rings. The number of pyridine rings is 1.